The molecular weight excluding hydrogens is 305 g/mol. The highest BCUT2D eigenvalue weighted by Crippen LogP contribution is 2.63. The summed E-state index contributed by atoms with van der Waals surface area (Å²) >= 11 is 16.9. The van der Waals surface area contributed by atoms with Gasteiger partial charge in [0.2, 0.25) is 5.91 Å². The van der Waals surface area contributed by atoms with Crippen molar-refractivity contribution in [3.05, 3.63) is 30.3 Å². The summed E-state index contributed by atoms with van der Waals surface area (Å²) in [6, 6.07) is 9.38. The molecule has 0 aromatic heterocycles. The molecule has 19 heavy (non-hydrogen) atoms. The number of hydrogen-bond donors (Lipinski definition) is 3. The third-order valence-corrected chi connectivity index (χ3v) is 4.39. The molecule has 102 valence electrons. The van der Waals surface area contributed by atoms with Gasteiger partial charge in [-0.15, -0.1) is 23.2 Å². The van der Waals surface area contributed by atoms with Crippen LogP contribution in [-0.4, -0.2) is 15.4 Å². The first-order valence-electron chi connectivity index (χ1n) is 5.65. The highest BCUT2D eigenvalue weighted by molar-refractivity contribution is 7.80. The zero-order chi connectivity index (χ0) is 14.1. The quantitative estimate of drug-likeness (QED) is 0.446. The van der Waals surface area contributed by atoms with Gasteiger partial charge in [-0.05, 0) is 37.7 Å². The predicted molar refractivity (Wildman–Crippen MR) is 81.1 cm³/mol. The summed E-state index contributed by atoms with van der Waals surface area (Å²) in [7, 11) is 0. The van der Waals surface area contributed by atoms with Gasteiger partial charge in [0.05, 0.1) is 5.41 Å². The molecule has 0 spiro atoms. The van der Waals surface area contributed by atoms with Crippen LogP contribution in [0.5, 0.6) is 0 Å². The first-order chi connectivity index (χ1) is 8.85. The molecule has 1 aromatic rings. The number of carbonyl (C=O) groups excluding carboxylic acids is 1. The van der Waals surface area contributed by atoms with Crippen molar-refractivity contribution >= 4 is 52.1 Å². The van der Waals surface area contributed by atoms with Crippen molar-refractivity contribution < 1.29 is 4.79 Å². The van der Waals surface area contributed by atoms with Crippen LogP contribution in [0.25, 0.3) is 0 Å². The number of halogens is 2. The van der Waals surface area contributed by atoms with Crippen LogP contribution in [0.3, 0.4) is 0 Å². The molecule has 1 aromatic carbocycles. The topological polar surface area (TPSA) is 53.2 Å². The molecule has 0 heterocycles. The first kappa shape index (κ1) is 14.4. The number of amides is 1. The lowest BCUT2D eigenvalue weighted by Crippen LogP contribution is -2.47. The maximum atomic E-state index is 11.9. The lowest BCUT2D eigenvalue weighted by molar-refractivity contribution is -0.126. The van der Waals surface area contributed by atoms with E-state index in [0.717, 1.165) is 5.69 Å². The fourth-order valence-corrected chi connectivity index (χ4v) is 2.46. The van der Waals surface area contributed by atoms with Gasteiger partial charge in [-0.2, -0.15) is 0 Å². The van der Waals surface area contributed by atoms with Crippen LogP contribution in [-0.2, 0) is 4.79 Å². The standard InChI is InChI=1S/C12H13Cl2N3OS/c1-11(7-12(11,13)14)9(18)16-17-10(19)15-8-5-3-2-4-6-8/h2-6H,7H2,1H3,(H,16,18)(H2,15,17,19). The fraction of sp³-hybridized carbons (Fsp3) is 0.333. The summed E-state index contributed by atoms with van der Waals surface area (Å²) in [6.07, 6.45) is 0.426. The molecule has 1 unspecified atom stereocenters. The minimum absolute atomic E-state index is 0.283. The SMILES string of the molecule is CC1(C(=O)NNC(=S)Nc2ccccc2)CC1(Cl)Cl. The highest BCUT2D eigenvalue weighted by atomic mass is 35.5. The lowest BCUT2D eigenvalue weighted by atomic mass is 10.1. The van der Waals surface area contributed by atoms with Gasteiger partial charge in [-0.25, -0.2) is 0 Å². The number of nitrogens with one attached hydrogen (secondary N) is 3. The van der Waals surface area contributed by atoms with E-state index in [0.29, 0.717) is 11.5 Å². The zero-order valence-corrected chi connectivity index (χ0v) is 12.5. The van der Waals surface area contributed by atoms with Gasteiger partial charge in [0, 0.05) is 5.69 Å². The Morgan fingerprint density at radius 2 is 1.84 bits per heavy atom. The molecule has 0 radical (unpaired) electrons. The molecule has 3 N–H and O–H groups in total. The minimum atomic E-state index is -0.993. The second-order valence-corrected chi connectivity index (χ2v) is 6.50. The summed E-state index contributed by atoms with van der Waals surface area (Å²) < 4.78 is -0.993. The molecular formula is C12H13Cl2N3OS. The summed E-state index contributed by atoms with van der Waals surface area (Å²) in [5.74, 6) is -0.283. The molecule has 1 amide bonds. The molecule has 4 nitrogen and oxygen atoms in total. The van der Waals surface area contributed by atoms with E-state index in [2.05, 4.69) is 16.2 Å². The molecule has 7 heteroatoms. The Morgan fingerprint density at radius 3 is 2.37 bits per heavy atom. The third kappa shape index (κ3) is 3.11. The van der Waals surface area contributed by atoms with E-state index in [1.54, 1.807) is 6.92 Å². The van der Waals surface area contributed by atoms with Gasteiger partial charge in [-0.3, -0.25) is 15.6 Å². The van der Waals surface area contributed by atoms with Crippen molar-refractivity contribution in [3.8, 4) is 0 Å². The van der Waals surface area contributed by atoms with Crippen molar-refractivity contribution in [2.24, 2.45) is 5.41 Å². The monoisotopic (exact) mass is 317 g/mol. The predicted octanol–water partition coefficient (Wildman–Crippen LogP) is 2.59. The van der Waals surface area contributed by atoms with Crippen LogP contribution in [0.15, 0.2) is 30.3 Å². The molecule has 1 aliphatic carbocycles. The number of carbonyl (C=O) groups is 1. The van der Waals surface area contributed by atoms with E-state index < -0.39 is 9.75 Å². The number of anilines is 1. The van der Waals surface area contributed by atoms with Crippen LogP contribution in [0.1, 0.15) is 13.3 Å². The summed E-state index contributed by atoms with van der Waals surface area (Å²) in [5.41, 5.74) is 5.18. The average Bonchev–Trinajstić information content (AvgIpc) is 2.88. The van der Waals surface area contributed by atoms with Crippen LogP contribution in [0.2, 0.25) is 0 Å². The van der Waals surface area contributed by atoms with Crippen molar-refractivity contribution in [1.82, 2.24) is 10.9 Å². The van der Waals surface area contributed by atoms with Crippen LogP contribution in [0, 0.1) is 5.41 Å². The number of hydrazine groups is 1. The molecule has 1 fully saturated rings. The largest absolute Gasteiger partial charge is 0.331 e. The normalized spacial score (nSPS) is 23.3. The van der Waals surface area contributed by atoms with Crippen molar-refractivity contribution in [2.75, 3.05) is 5.32 Å². The Bertz CT molecular complexity index is 509. The van der Waals surface area contributed by atoms with E-state index >= 15 is 0 Å². The van der Waals surface area contributed by atoms with Crippen LogP contribution >= 0.6 is 35.4 Å². The van der Waals surface area contributed by atoms with Gasteiger partial charge >= 0.3 is 0 Å². The molecule has 2 rings (SSSR count). The van der Waals surface area contributed by atoms with Gasteiger partial charge < -0.3 is 5.32 Å². The van der Waals surface area contributed by atoms with E-state index in [1.165, 1.54) is 0 Å². The van der Waals surface area contributed by atoms with Gasteiger partial charge in [0.25, 0.3) is 0 Å². The van der Waals surface area contributed by atoms with Gasteiger partial charge in [-0.1, -0.05) is 18.2 Å². The Kier molecular flexibility index (Phi) is 3.90. The minimum Gasteiger partial charge on any atom is -0.331 e. The molecule has 0 saturated heterocycles. The van der Waals surface area contributed by atoms with E-state index in [9.17, 15) is 4.79 Å². The maximum absolute atomic E-state index is 11.9. The number of alkyl halides is 2. The second kappa shape index (κ2) is 5.15. The van der Waals surface area contributed by atoms with Crippen molar-refractivity contribution in [2.45, 2.75) is 17.7 Å². The number of benzene rings is 1. The number of thiocarbonyl (C=S) groups is 1. The number of para-hydroxylation sites is 1. The van der Waals surface area contributed by atoms with E-state index in [4.69, 9.17) is 35.4 Å². The molecule has 1 atom stereocenters. The highest BCUT2D eigenvalue weighted by Gasteiger charge is 2.68. The Morgan fingerprint density at radius 1 is 1.26 bits per heavy atom. The number of hydrogen-bond acceptors (Lipinski definition) is 2. The Hall–Kier alpha value is -1.04. The van der Waals surface area contributed by atoms with Crippen molar-refractivity contribution in [1.29, 1.82) is 0 Å². The summed E-state index contributed by atoms with van der Waals surface area (Å²) in [6.45, 7) is 1.71. The third-order valence-electron chi connectivity index (χ3n) is 3.08. The summed E-state index contributed by atoms with van der Waals surface area (Å²) in [4.78, 5) is 11.9. The second-order valence-electron chi connectivity index (χ2n) is 4.61. The van der Waals surface area contributed by atoms with Gasteiger partial charge in [0.1, 0.15) is 4.33 Å². The lowest BCUT2D eigenvalue weighted by Gasteiger charge is -2.15. The van der Waals surface area contributed by atoms with Crippen LogP contribution < -0.4 is 16.2 Å². The molecule has 1 aliphatic rings. The van der Waals surface area contributed by atoms with E-state index in [-0.39, 0.29) is 5.91 Å². The van der Waals surface area contributed by atoms with Crippen LogP contribution in [0.4, 0.5) is 5.69 Å². The smallest absolute Gasteiger partial charge is 0.247 e. The molecule has 0 bridgehead atoms. The Labute approximate surface area is 126 Å². The van der Waals surface area contributed by atoms with Gasteiger partial charge in [0.15, 0.2) is 5.11 Å². The Balaban J connectivity index is 1.80. The number of rotatable bonds is 2. The first-order valence-corrected chi connectivity index (χ1v) is 6.82. The van der Waals surface area contributed by atoms with Crippen molar-refractivity contribution in [3.63, 3.8) is 0 Å². The zero-order valence-electron chi connectivity index (χ0n) is 10.2. The fourth-order valence-electron chi connectivity index (χ4n) is 1.58. The maximum Gasteiger partial charge on any atom is 0.247 e. The molecule has 1 saturated carbocycles. The summed E-state index contributed by atoms with van der Waals surface area (Å²) in [5, 5.41) is 3.22. The molecule has 0 aliphatic heterocycles. The van der Waals surface area contributed by atoms with E-state index in [1.807, 2.05) is 30.3 Å². The average molecular weight is 318 g/mol.